The average molecular weight is 360 g/mol. The van der Waals surface area contributed by atoms with Gasteiger partial charge in [-0.1, -0.05) is 29.8 Å². The number of ether oxygens (including phenoxy) is 1. The number of rotatable bonds is 3. The normalized spacial score (nSPS) is 9.29. The molecule has 1 aromatic carbocycles. The number of hydrogen-bond donors (Lipinski definition) is 3. The fourth-order valence-electron chi connectivity index (χ4n) is 1.10. The molecule has 0 heterocycles. The van der Waals surface area contributed by atoms with Crippen molar-refractivity contribution in [3.8, 4) is 0 Å². The van der Waals surface area contributed by atoms with Crippen molar-refractivity contribution in [1.82, 2.24) is 0 Å². The van der Waals surface area contributed by atoms with Crippen molar-refractivity contribution in [2.24, 2.45) is 5.73 Å². The van der Waals surface area contributed by atoms with E-state index in [9.17, 15) is 4.79 Å². The van der Waals surface area contributed by atoms with E-state index in [1.54, 1.807) is 13.1 Å². The Morgan fingerprint density at radius 2 is 1.90 bits per heavy atom. The topological polar surface area (TPSA) is 88.2 Å². The molecule has 0 aromatic heterocycles. The van der Waals surface area contributed by atoms with Gasteiger partial charge >= 0.3 is 0 Å². The number of nitrogens with one attached hydrogen (secondary N) is 2. The first-order valence-electron chi connectivity index (χ1n) is 6.64. The molecule has 0 spiro atoms. The van der Waals surface area contributed by atoms with Gasteiger partial charge in [-0.25, -0.2) is 0 Å². The van der Waals surface area contributed by atoms with Gasteiger partial charge in [0, 0.05) is 22.8 Å². The van der Waals surface area contributed by atoms with Crippen molar-refractivity contribution in [2.45, 2.75) is 40.2 Å². The summed E-state index contributed by atoms with van der Waals surface area (Å²) >= 11 is 3.33. The number of nitrogen functional groups attached to an aromatic ring is 1. The molecule has 0 aliphatic rings. The van der Waals surface area contributed by atoms with E-state index in [1.807, 2.05) is 46.8 Å². The van der Waals surface area contributed by atoms with Gasteiger partial charge in [-0.05, 0) is 39.0 Å². The molecule has 0 saturated heterocycles. The van der Waals surface area contributed by atoms with Crippen LogP contribution in [0.15, 0.2) is 22.7 Å². The van der Waals surface area contributed by atoms with Gasteiger partial charge in [-0.3, -0.25) is 10.2 Å². The Hall–Kier alpha value is -1.56. The largest absolute Gasteiger partial charge is 0.462 e. The number of carbonyl (C=O) groups excluding carboxylic acids is 1. The van der Waals surface area contributed by atoms with Crippen molar-refractivity contribution in [3.05, 3.63) is 28.2 Å². The van der Waals surface area contributed by atoms with Crippen molar-refractivity contribution in [1.29, 1.82) is 5.41 Å². The summed E-state index contributed by atoms with van der Waals surface area (Å²) in [4.78, 5) is 9.60. The van der Waals surface area contributed by atoms with Crippen LogP contribution in [0, 0.1) is 5.41 Å². The molecule has 0 atom stereocenters. The van der Waals surface area contributed by atoms with Gasteiger partial charge in [0.25, 0.3) is 6.47 Å². The van der Waals surface area contributed by atoms with Gasteiger partial charge in [0.1, 0.15) is 11.4 Å². The lowest BCUT2D eigenvalue weighted by Gasteiger charge is -2.14. The number of carbonyl (C=O) groups is 1. The molecule has 0 radical (unpaired) electrons. The highest BCUT2D eigenvalue weighted by atomic mass is 79.9. The molecule has 4 N–H and O–H groups in total. The maximum atomic E-state index is 9.60. The minimum absolute atomic E-state index is 0.0758. The molecule has 0 aliphatic heterocycles. The van der Waals surface area contributed by atoms with Crippen LogP contribution in [-0.2, 0) is 9.53 Å². The highest BCUT2D eigenvalue weighted by Gasteiger charge is 2.07. The first-order valence-corrected chi connectivity index (χ1v) is 7.43. The summed E-state index contributed by atoms with van der Waals surface area (Å²) in [6, 6.07) is 5.55. The lowest BCUT2D eigenvalue weighted by molar-refractivity contribution is -0.138. The van der Waals surface area contributed by atoms with E-state index in [2.05, 4.69) is 26.0 Å². The molecule has 21 heavy (non-hydrogen) atoms. The number of nitrogens with two attached hydrogens (primary N) is 1. The second kappa shape index (κ2) is 11.1. The molecule has 0 saturated carbocycles. The third-order valence-electron chi connectivity index (χ3n) is 1.94. The van der Waals surface area contributed by atoms with Gasteiger partial charge in [-0.15, -0.1) is 0 Å². The fourth-order valence-corrected chi connectivity index (χ4v) is 1.46. The Balaban J connectivity index is 0. The minimum Gasteiger partial charge on any atom is -0.462 e. The zero-order chi connectivity index (χ0) is 17.1. The monoisotopic (exact) mass is 359 g/mol. The second-order valence-electron chi connectivity index (χ2n) is 4.68. The summed E-state index contributed by atoms with van der Waals surface area (Å²) in [5.41, 5.74) is 6.63. The van der Waals surface area contributed by atoms with Crippen LogP contribution in [0.4, 0.5) is 5.69 Å². The standard InChI is InChI=1S/C8H10BrN3.C5H10O2.C2H6/c1-12-7-4-5(9)2-3-6(7)8(10)11;1-5(2,3)7-4-6;1-2/h2-4,12H,1H3,(H3,10,11);4H,1-3H3;1-2H3. The smallest absolute Gasteiger partial charge is 0.293 e. The Bertz CT molecular complexity index is 443. The van der Waals surface area contributed by atoms with Crippen LogP contribution >= 0.6 is 15.9 Å². The lowest BCUT2D eigenvalue weighted by Crippen LogP contribution is -2.17. The van der Waals surface area contributed by atoms with Crippen LogP contribution in [0.1, 0.15) is 40.2 Å². The summed E-state index contributed by atoms with van der Waals surface area (Å²) < 4.78 is 5.52. The minimum atomic E-state index is -0.318. The summed E-state index contributed by atoms with van der Waals surface area (Å²) in [7, 11) is 1.80. The van der Waals surface area contributed by atoms with E-state index in [0.717, 1.165) is 15.7 Å². The molecule has 0 unspecified atom stereocenters. The van der Waals surface area contributed by atoms with Crippen LogP contribution in [0.25, 0.3) is 0 Å². The first kappa shape index (κ1) is 21.7. The fraction of sp³-hybridized carbons (Fsp3) is 0.467. The maximum Gasteiger partial charge on any atom is 0.293 e. The average Bonchev–Trinajstić information content (AvgIpc) is 2.39. The Morgan fingerprint density at radius 1 is 1.38 bits per heavy atom. The summed E-state index contributed by atoms with van der Waals surface area (Å²) in [6.45, 7) is 9.92. The van der Waals surface area contributed by atoms with Crippen molar-refractivity contribution < 1.29 is 9.53 Å². The van der Waals surface area contributed by atoms with Gasteiger partial charge in [0.05, 0.1) is 0 Å². The second-order valence-corrected chi connectivity index (χ2v) is 5.60. The van der Waals surface area contributed by atoms with Gasteiger partial charge in [-0.2, -0.15) is 0 Å². The highest BCUT2D eigenvalue weighted by molar-refractivity contribution is 9.10. The van der Waals surface area contributed by atoms with Gasteiger partial charge in [0.2, 0.25) is 0 Å². The van der Waals surface area contributed by atoms with E-state index in [0.29, 0.717) is 6.47 Å². The molecule has 0 fully saturated rings. The zero-order valence-corrected chi connectivity index (χ0v) is 15.2. The van der Waals surface area contributed by atoms with Crippen LogP contribution in [0.3, 0.4) is 0 Å². The maximum absolute atomic E-state index is 9.60. The van der Waals surface area contributed by atoms with E-state index >= 15 is 0 Å². The number of benzene rings is 1. The van der Waals surface area contributed by atoms with Gasteiger partial charge < -0.3 is 15.8 Å². The molecule has 120 valence electrons. The quantitative estimate of drug-likeness (QED) is 0.435. The molecule has 0 bridgehead atoms. The number of halogens is 1. The Kier molecular flexibility index (Phi) is 11.5. The van der Waals surface area contributed by atoms with Crippen LogP contribution < -0.4 is 11.1 Å². The number of hydrogen-bond acceptors (Lipinski definition) is 4. The highest BCUT2D eigenvalue weighted by Crippen LogP contribution is 2.20. The lowest BCUT2D eigenvalue weighted by atomic mass is 10.1. The van der Waals surface area contributed by atoms with Crippen molar-refractivity contribution in [2.75, 3.05) is 12.4 Å². The van der Waals surface area contributed by atoms with Crippen molar-refractivity contribution >= 4 is 33.9 Å². The van der Waals surface area contributed by atoms with E-state index in [1.165, 1.54) is 0 Å². The predicted molar refractivity (Wildman–Crippen MR) is 93.0 cm³/mol. The molecular weight excluding hydrogens is 334 g/mol. The molecule has 0 aliphatic carbocycles. The molecule has 5 nitrogen and oxygen atoms in total. The Labute approximate surface area is 135 Å². The Morgan fingerprint density at radius 3 is 2.19 bits per heavy atom. The molecule has 1 aromatic rings. The third-order valence-corrected chi connectivity index (χ3v) is 2.44. The van der Waals surface area contributed by atoms with Crippen LogP contribution in [0.5, 0.6) is 0 Å². The number of anilines is 1. The van der Waals surface area contributed by atoms with E-state index in [-0.39, 0.29) is 11.4 Å². The molecular formula is C15H26BrN3O2. The van der Waals surface area contributed by atoms with Crippen LogP contribution in [-0.4, -0.2) is 25.0 Å². The summed E-state index contributed by atoms with van der Waals surface area (Å²) in [5, 5.41) is 10.2. The molecule has 0 amide bonds. The van der Waals surface area contributed by atoms with E-state index < -0.39 is 0 Å². The third kappa shape index (κ3) is 10.8. The van der Waals surface area contributed by atoms with E-state index in [4.69, 9.17) is 11.1 Å². The predicted octanol–water partition coefficient (Wildman–Crippen LogP) is 3.76. The number of amidine groups is 1. The zero-order valence-electron chi connectivity index (χ0n) is 13.6. The first-order chi connectivity index (χ1) is 9.71. The van der Waals surface area contributed by atoms with Crippen LogP contribution in [0.2, 0.25) is 0 Å². The van der Waals surface area contributed by atoms with Gasteiger partial charge in [0.15, 0.2) is 0 Å². The van der Waals surface area contributed by atoms with Crippen molar-refractivity contribution in [3.63, 3.8) is 0 Å². The SMILES string of the molecule is CC.CC(C)(C)OC=O.CNc1cc(Br)ccc1C(=N)N. The molecule has 1 rings (SSSR count). The summed E-state index contributed by atoms with van der Waals surface area (Å²) in [6.07, 6.45) is 0. The molecule has 6 heteroatoms. The summed E-state index contributed by atoms with van der Waals surface area (Å²) in [5.74, 6) is 0.0758.